The maximum absolute atomic E-state index is 12.6. The summed E-state index contributed by atoms with van der Waals surface area (Å²) in [4.78, 5) is 27.5. The number of amides is 1. The molecule has 9 heteroatoms. The summed E-state index contributed by atoms with van der Waals surface area (Å²) in [6.45, 7) is 0. The molecule has 0 atom stereocenters. The number of aromatic amines is 1. The molecule has 2 heterocycles. The third-order valence-electron chi connectivity index (χ3n) is 3.38. The largest absolute Gasteiger partial charge is 0.493 e. The van der Waals surface area contributed by atoms with Crippen LogP contribution in [0.2, 0.25) is 0 Å². The highest BCUT2D eigenvalue weighted by molar-refractivity contribution is 6.07. The van der Waals surface area contributed by atoms with Gasteiger partial charge in [-0.05, 0) is 12.1 Å². The average molecular weight is 329 g/mol. The highest BCUT2D eigenvalue weighted by Crippen LogP contribution is 2.38. The van der Waals surface area contributed by atoms with Crippen LogP contribution in [-0.2, 0) is 0 Å². The topological polar surface area (TPSA) is 111 Å². The van der Waals surface area contributed by atoms with Crippen LogP contribution < -0.4 is 19.5 Å². The molecule has 3 rings (SSSR count). The number of carbonyl (C=O) groups excluding carboxylic acids is 1. The van der Waals surface area contributed by atoms with Crippen molar-refractivity contribution in [3.8, 4) is 17.2 Å². The fraction of sp³-hybridized carbons (Fsp3) is 0.200. The molecular weight excluding hydrogens is 314 g/mol. The highest BCUT2D eigenvalue weighted by Gasteiger charge is 2.18. The molecule has 2 N–H and O–H groups in total. The molecule has 0 radical (unpaired) electrons. The van der Waals surface area contributed by atoms with Gasteiger partial charge in [0, 0.05) is 5.56 Å². The predicted octanol–water partition coefficient (Wildman–Crippen LogP) is 1.63. The van der Waals surface area contributed by atoms with Crippen LogP contribution in [0.5, 0.6) is 17.2 Å². The smallest absolute Gasteiger partial charge is 0.257 e. The van der Waals surface area contributed by atoms with E-state index in [-0.39, 0.29) is 5.91 Å². The molecule has 0 aliphatic heterocycles. The van der Waals surface area contributed by atoms with Gasteiger partial charge in [0.25, 0.3) is 5.91 Å². The first-order chi connectivity index (χ1) is 11.7. The van der Waals surface area contributed by atoms with Gasteiger partial charge in [0.1, 0.15) is 11.8 Å². The number of methoxy groups -OCH3 is 3. The Morgan fingerprint density at radius 3 is 2.38 bits per heavy atom. The molecule has 2 aromatic heterocycles. The SMILES string of the molecule is COc1cc(C(=O)Nc2ncnc3nc[nH]c23)cc(OC)c1OC. The van der Waals surface area contributed by atoms with E-state index in [1.165, 1.54) is 34.0 Å². The molecule has 0 fully saturated rings. The number of benzene rings is 1. The third-order valence-corrected chi connectivity index (χ3v) is 3.38. The Hall–Kier alpha value is -3.36. The van der Waals surface area contributed by atoms with Crippen LogP contribution in [0.1, 0.15) is 10.4 Å². The summed E-state index contributed by atoms with van der Waals surface area (Å²) in [6, 6.07) is 3.12. The van der Waals surface area contributed by atoms with Crippen molar-refractivity contribution >= 4 is 22.9 Å². The number of hydrogen-bond acceptors (Lipinski definition) is 7. The molecule has 0 unspecified atom stereocenters. The monoisotopic (exact) mass is 329 g/mol. The van der Waals surface area contributed by atoms with E-state index in [0.29, 0.717) is 39.8 Å². The molecule has 0 saturated carbocycles. The molecule has 0 saturated heterocycles. The number of aromatic nitrogens is 4. The van der Waals surface area contributed by atoms with Crippen molar-refractivity contribution in [1.29, 1.82) is 0 Å². The van der Waals surface area contributed by atoms with Crippen LogP contribution in [0.4, 0.5) is 5.82 Å². The Morgan fingerprint density at radius 2 is 1.75 bits per heavy atom. The molecule has 9 nitrogen and oxygen atoms in total. The second-order valence-electron chi connectivity index (χ2n) is 4.69. The summed E-state index contributed by atoms with van der Waals surface area (Å²) >= 11 is 0. The Morgan fingerprint density at radius 1 is 1.04 bits per heavy atom. The number of hydrogen-bond donors (Lipinski definition) is 2. The van der Waals surface area contributed by atoms with Gasteiger partial charge >= 0.3 is 0 Å². The maximum Gasteiger partial charge on any atom is 0.257 e. The lowest BCUT2D eigenvalue weighted by atomic mass is 10.1. The van der Waals surface area contributed by atoms with E-state index in [1.54, 1.807) is 12.1 Å². The lowest BCUT2D eigenvalue weighted by molar-refractivity contribution is 0.102. The van der Waals surface area contributed by atoms with Crippen molar-refractivity contribution in [3.05, 3.63) is 30.4 Å². The van der Waals surface area contributed by atoms with Crippen molar-refractivity contribution in [2.75, 3.05) is 26.6 Å². The minimum Gasteiger partial charge on any atom is -0.493 e. The zero-order valence-electron chi connectivity index (χ0n) is 13.3. The number of carbonyl (C=O) groups is 1. The fourth-order valence-electron chi connectivity index (χ4n) is 2.25. The van der Waals surface area contributed by atoms with E-state index in [4.69, 9.17) is 14.2 Å². The molecule has 0 bridgehead atoms. The van der Waals surface area contributed by atoms with Crippen LogP contribution in [0.15, 0.2) is 24.8 Å². The van der Waals surface area contributed by atoms with E-state index >= 15 is 0 Å². The molecule has 0 aliphatic rings. The number of nitrogens with zero attached hydrogens (tertiary/aromatic N) is 3. The Labute approximate surface area is 137 Å². The molecular formula is C15H15N5O4. The number of rotatable bonds is 5. The minimum atomic E-state index is -0.385. The first kappa shape index (κ1) is 15.5. The Kier molecular flexibility index (Phi) is 4.15. The summed E-state index contributed by atoms with van der Waals surface area (Å²) < 4.78 is 15.7. The standard InChI is InChI=1S/C15H15N5O4/c1-22-9-4-8(5-10(23-2)12(9)24-3)15(21)20-14-11-13(17-6-16-11)18-7-19-14/h4-7H,1-3H3,(H2,16,17,18,19,20,21). The van der Waals surface area contributed by atoms with Crippen LogP contribution in [0, 0.1) is 0 Å². The van der Waals surface area contributed by atoms with Gasteiger partial charge in [-0.2, -0.15) is 0 Å². The zero-order chi connectivity index (χ0) is 17.1. The number of imidazole rings is 1. The van der Waals surface area contributed by atoms with Crippen LogP contribution >= 0.6 is 0 Å². The molecule has 3 aromatic rings. The summed E-state index contributed by atoms with van der Waals surface area (Å²) in [5.74, 6) is 1.13. The van der Waals surface area contributed by atoms with Crippen molar-refractivity contribution in [2.45, 2.75) is 0 Å². The fourth-order valence-corrected chi connectivity index (χ4v) is 2.25. The summed E-state index contributed by atoms with van der Waals surface area (Å²) in [5, 5.41) is 2.71. The van der Waals surface area contributed by atoms with Gasteiger partial charge in [0.15, 0.2) is 23.0 Å². The number of ether oxygens (including phenoxy) is 3. The minimum absolute atomic E-state index is 0.329. The van der Waals surface area contributed by atoms with Crippen LogP contribution in [0.25, 0.3) is 11.2 Å². The summed E-state index contributed by atoms with van der Waals surface area (Å²) in [6.07, 6.45) is 2.81. The van der Waals surface area contributed by atoms with Crippen molar-refractivity contribution in [1.82, 2.24) is 19.9 Å². The molecule has 124 valence electrons. The van der Waals surface area contributed by atoms with Gasteiger partial charge in [0.2, 0.25) is 5.75 Å². The number of fused-ring (bicyclic) bond motifs is 1. The molecule has 0 aliphatic carbocycles. The third kappa shape index (κ3) is 2.67. The van der Waals surface area contributed by atoms with E-state index < -0.39 is 0 Å². The molecule has 0 spiro atoms. The first-order valence-corrected chi connectivity index (χ1v) is 6.93. The second-order valence-corrected chi connectivity index (χ2v) is 4.69. The molecule has 24 heavy (non-hydrogen) atoms. The predicted molar refractivity (Wildman–Crippen MR) is 85.7 cm³/mol. The normalized spacial score (nSPS) is 10.5. The zero-order valence-corrected chi connectivity index (χ0v) is 13.3. The number of anilines is 1. The highest BCUT2D eigenvalue weighted by atomic mass is 16.5. The van der Waals surface area contributed by atoms with Crippen molar-refractivity contribution in [3.63, 3.8) is 0 Å². The lowest BCUT2D eigenvalue weighted by Crippen LogP contribution is -2.14. The van der Waals surface area contributed by atoms with Crippen LogP contribution in [0.3, 0.4) is 0 Å². The van der Waals surface area contributed by atoms with E-state index in [2.05, 4.69) is 25.3 Å². The number of nitrogens with one attached hydrogen (secondary N) is 2. The van der Waals surface area contributed by atoms with Gasteiger partial charge < -0.3 is 24.5 Å². The van der Waals surface area contributed by atoms with Gasteiger partial charge in [-0.25, -0.2) is 15.0 Å². The van der Waals surface area contributed by atoms with E-state index in [1.807, 2.05) is 0 Å². The van der Waals surface area contributed by atoms with Gasteiger partial charge in [-0.3, -0.25) is 4.79 Å². The summed E-state index contributed by atoms with van der Waals surface area (Å²) in [5.41, 5.74) is 1.33. The van der Waals surface area contributed by atoms with Crippen molar-refractivity contribution in [2.24, 2.45) is 0 Å². The van der Waals surface area contributed by atoms with Crippen molar-refractivity contribution < 1.29 is 19.0 Å². The second kappa shape index (κ2) is 6.41. The van der Waals surface area contributed by atoms with E-state index in [9.17, 15) is 4.79 Å². The molecule has 1 amide bonds. The number of H-pyrrole nitrogens is 1. The Bertz CT molecular complexity index is 867. The van der Waals surface area contributed by atoms with Gasteiger partial charge in [-0.15, -0.1) is 0 Å². The van der Waals surface area contributed by atoms with Crippen LogP contribution in [-0.4, -0.2) is 47.2 Å². The molecule has 1 aromatic carbocycles. The first-order valence-electron chi connectivity index (χ1n) is 6.93. The maximum atomic E-state index is 12.6. The van der Waals surface area contributed by atoms with Gasteiger partial charge in [-0.1, -0.05) is 0 Å². The summed E-state index contributed by atoms with van der Waals surface area (Å²) in [7, 11) is 4.46. The Balaban J connectivity index is 1.96. The lowest BCUT2D eigenvalue weighted by Gasteiger charge is -2.14. The average Bonchev–Trinajstić information content (AvgIpc) is 3.10. The van der Waals surface area contributed by atoms with Gasteiger partial charge in [0.05, 0.1) is 27.7 Å². The van der Waals surface area contributed by atoms with E-state index in [0.717, 1.165) is 0 Å². The quantitative estimate of drug-likeness (QED) is 0.731.